The zero-order valence-corrected chi connectivity index (χ0v) is 16.9. The first-order chi connectivity index (χ1) is 14.8. The molecule has 0 unspecified atom stereocenters. The molecule has 2 N–H and O–H groups in total. The van der Waals surface area contributed by atoms with Gasteiger partial charge < -0.3 is 15.5 Å². The normalized spacial score (nSPS) is 14.9. The van der Waals surface area contributed by atoms with Crippen LogP contribution in [0.5, 0.6) is 0 Å². The molecule has 0 atom stereocenters. The lowest BCUT2D eigenvalue weighted by molar-refractivity contribution is -0.137. The Morgan fingerprint density at radius 3 is 2.10 bits per heavy atom. The molecule has 1 saturated heterocycles. The van der Waals surface area contributed by atoms with E-state index in [9.17, 15) is 22.8 Å². The quantitative estimate of drug-likeness (QED) is 0.604. The van der Waals surface area contributed by atoms with Crippen molar-refractivity contribution in [3.63, 3.8) is 0 Å². The van der Waals surface area contributed by atoms with Gasteiger partial charge in [-0.05, 0) is 60.9 Å². The number of urea groups is 1. The minimum atomic E-state index is -4.43. The monoisotopic (exact) mass is 431 g/mol. The van der Waals surface area contributed by atoms with Gasteiger partial charge in [0.2, 0.25) is 5.91 Å². The summed E-state index contributed by atoms with van der Waals surface area (Å²) >= 11 is 0. The average Bonchev–Trinajstić information content (AvgIpc) is 3.03. The van der Waals surface area contributed by atoms with E-state index in [1.54, 1.807) is 29.2 Å². The van der Waals surface area contributed by atoms with Crippen molar-refractivity contribution in [2.24, 2.45) is 0 Å². The molecule has 0 radical (unpaired) electrons. The number of alkyl halides is 3. The number of halogens is 3. The number of hydrogen-bond donors (Lipinski definition) is 2. The molecule has 2 aromatic carbocycles. The Morgan fingerprint density at radius 1 is 0.871 bits per heavy atom. The standard InChI is InChI=1S/C23H24F3N3O2/c24-23(25,26)18-7-5-6-17(16-18)8-13-21(30)27-19-9-11-20(12-10-19)28-22(31)29-14-3-1-2-4-15-29/h5-13,16H,1-4,14-15H2,(H,27,30)(H,28,31)/b13-8+. The summed E-state index contributed by atoms with van der Waals surface area (Å²) in [5.41, 5.74) is 0.627. The Balaban J connectivity index is 1.54. The molecule has 3 rings (SSSR count). The van der Waals surface area contributed by atoms with Gasteiger partial charge in [-0.3, -0.25) is 4.79 Å². The Hall–Kier alpha value is -3.29. The van der Waals surface area contributed by atoms with Crippen LogP contribution in [0, 0.1) is 0 Å². The molecule has 1 heterocycles. The maximum absolute atomic E-state index is 12.8. The zero-order chi connectivity index (χ0) is 22.3. The van der Waals surface area contributed by atoms with Gasteiger partial charge in [0, 0.05) is 30.5 Å². The Bertz CT molecular complexity index is 932. The minimum Gasteiger partial charge on any atom is -0.325 e. The maximum Gasteiger partial charge on any atom is 0.416 e. The van der Waals surface area contributed by atoms with Crippen molar-refractivity contribution in [1.82, 2.24) is 4.90 Å². The van der Waals surface area contributed by atoms with Gasteiger partial charge in [-0.25, -0.2) is 4.79 Å². The summed E-state index contributed by atoms with van der Waals surface area (Å²) in [6.45, 7) is 1.50. The number of hydrogen-bond acceptors (Lipinski definition) is 2. The highest BCUT2D eigenvalue weighted by molar-refractivity contribution is 6.02. The van der Waals surface area contributed by atoms with Crippen LogP contribution in [0.4, 0.5) is 29.3 Å². The Labute approximate surface area is 178 Å². The van der Waals surface area contributed by atoms with Gasteiger partial charge in [-0.15, -0.1) is 0 Å². The summed E-state index contributed by atoms with van der Waals surface area (Å²) in [7, 11) is 0. The molecule has 0 spiro atoms. The molecule has 1 aliphatic rings. The number of nitrogens with zero attached hydrogens (tertiary/aromatic N) is 1. The fraction of sp³-hybridized carbons (Fsp3) is 0.304. The third-order valence-corrected chi connectivity index (χ3v) is 4.94. The predicted octanol–water partition coefficient (Wildman–Crippen LogP) is 5.77. The highest BCUT2D eigenvalue weighted by Gasteiger charge is 2.30. The van der Waals surface area contributed by atoms with Gasteiger partial charge >= 0.3 is 12.2 Å². The molecule has 5 nitrogen and oxygen atoms in total. The van der Waals surface area contributed by atoms with Crippen LogP contribution in [0.1, 0.15) is 36.8 Å². The van der Waals surface area contributed by atoms with Crippen LogP contribution in [-0.2, 0) is 11.0 Å². The molecule has 3 amide bonds. The van der Waals surface area contributed by atoms with Crippen molar-refractivity contribution in [1.29, 1.82) is 0 Å². The lowest BCUT2D eigenvalue weighted by atomic mass is 10.1. The van der Waals surface area contributed by atoms with Gasteiger partial charge in [-0.2, -0.15) is 13.2 Å². The molecule has 1 fully saturated rings. The van der Waals surface area contributed by atoms with Crippen LogP contribution in [0.2, 0.25) is 0 Å². The molecule has 8 heteroatoms. The SMILES string of the molecule is O=C(/C=C/c1cccc(C(F)(F)F)c1)Nc1ccc(NC(=O)N2CCCCCC2)cc1. The van der Waals surface area contributed by atoms with Gasteiger partial charge in [-0.1, -0.05) is 25.0 Å². The fourth-order valence-electron chi connectivity index (χ4n) is 3.29. The summed E-state index contributed by atoms with van der Waals surface area (Å²) in [6.07, 6.45) is 2.35. The smallest absolute Gasteiger partial charge is 0.325 e. The van der Waals surface area contributed by atoms with Crippen molar-refractivity contribution in [3.05, 3.63) is 65.7 Å². The van der Waals surface area contributed by atoms with Gasteiger partial charge in [0.15, 0.2) is 0 Å². The number of anilines is 2. The lowest BCUT2D eigenvalue weighted by Gasteiger charge is -2.20. The number of carbonyl (C=O) groups excluding carboxylic acids is 2. The number of carbonyl (C=O) groups is 2. The van der Waals surface area contributed by atoms with E-state index in [0.29, 0.717) is 11.4 Å². The molecule has 1 aliphatic heterocycles. The summed E-state index contributed by atoms with van der Waals surface area (Å²) in [5, 5.41) is 5.49. The van der Waals surface area contributed by atoms with Crippen molar-refractivity contribution in [2.45, 2.75) is 31.9 Å². The van der Waals surface area contributed by atoms with Crippen LogP contribution < -0.4 is 10.6 Å². The molecule has 31 heavy (non-hydrogen) atoms. The largest absolute Gasteiger partial charge is 0.416 e. The van der Waals surface area contributed by atoms with E-state index in [2.05, 4.69) is 10.6 Å². The second-order valence-corrected chi connectivity index (χ2v) is 7.35. The number of nitrogens with one attached hydrogen (secondary N) is 2. The highest BCUT2D eigenvalue weighted by Crippen LogP contribution is 2.29. The van der Waals surface area contributed by atoms with Crippen LogP contribution in [-0.4, -0.2) is 29.9 Å². The van der Waals surface area contributed by atoms with Crippen molar-refractivity contribution in [3.8, 4) is 0 Å². The summed E-state index contributed by atoms with van der Waals surface area (Å²) in [4.78, 5) is 26.2. The highest BCUT2D eigenvalue weighted by atomic mass is 19.4. The van der Waals surface area contributed by atoms with Crippen molar-refractivity contribution >= 4 is 29.4 Å². The first-order valence-corrected chi connectivity index (χ1v) is 10.1. The minimum absolute atomic E-state index is 0.136. The molecule has 0 aromatic heterocycles. The number of rotatable bonds is 4. The van der Waals surface area contributed by atoms with E-state index in [1.165, 1.54) is 24.3 Å². The van der Waals surface area contributed by atoms with E-state index in [4.69, 9.17) is 0 Å². The molecule has 2 aromatic rings. The van der Waals surface area contributed by atoms with Crippen LogP contribution >= 0.6 is 0 Å². The molecule has 0 saturated carbocycles. The van der Waals surface area contributed by atoms with E-state index in [1.807, 2.05) is 0 Å². The van der Waals surface area contributed by atoms with E-state index >= 15 is 0 Å². The predicted molar refractivity (Wildman–Crippen MR) is 115 cm³/mol. The summed E-state index contributed by atoms with van der Waals surface area (Å²) < 4.78 is 38.3. The fourth-order valence-corrected chi connectivity index (χ4v) is 3.29. The third kappa shape index (κ3) is 6.87. The Kier molecular flexibility index (Phi) is 7.33. The van der Waals surface area contributed by atoms with Gasteiger partial charge in [0.05, 0.1) is 5.56 Å². The van der Waals surface area contributed by atoms with Crippen LogP contribution in [0.25, 0.3) is 6.08 Å². The van der Waals surface area contributed by atoms with E-state index < -0.39 is 17.6 Å². The number of benzene rings is 2. The average molecular weight is 431 g/mol. The van der Waals surface area contributed by atoms with Crippen molar-refractivity contribution in [2.75, 3.05) is 23.7 Å². The third-order valence-electron chi connectivity index (χ3n) is 4.94. The van der Waals surface area contributed by atoms with Crippen LogP contribution in [0.15, 0.2) is 54.6 Å². The second-order valence-electron chi connectivity index (χ2n) is 7.35. The first-order valence-electron chi connectivity index (χ1n) is 10.1. The van der Waals surface area contributed by atoms with Gasteiger partial charge in [0.25, 0.3) is 0 Å². The zero-order valence-electron chi connectivity index (χ0n) is 16.9. The van der Waals surface area contributed by atoms with Gasteiger partial charge in [0.1, 0.15) is 0 Å². The summed E-state index contributed by atoms with van der Waals surface area (Å²) in [6, 6.07) is 11.3. The maximum atomic E-state index is 12.8. The molecular formula is C23H24F3N3O2. The first kappa shape index (κ1) is 22.4. The van der Waals surface area contributed by atoms with E-state index in [-0.39, 0.29) is 11.6 Å². The molecule has 0 aliphatic carbocycles. The topological polar surface area (TPSA) is 61.4 Å². The van der Waals surface area contributed by atoms with Crippen molar-refractivity contribution < 1.29 is 22.8 Å². The second kappa shape index (κ2) is 10.1. The summed E-state index contributed by atoms with van der Waals surface area (Å²) in [5.74, 6) is -0.473. The molecule has 164 valence electrons. The van der Waals surface area contributed by atoms with Crippen LogP contribution in [0.3, 0.4) is 0 Å². The number of likely N-dealkylation sites (tertiary alicyclic amines) is 1. The molecule has 0 bridgehead atoms. The number of amides is 3. The Morgan fingerprint density at radius 2 is 1.48 bits per heavy atom. The molecular weight excluding hydrogens is 407 g/mol. The lowest BCUT2D eigenvalue weighted by Crippen LogP contribution is -2.35. The van der Waals surface area contributed by atoms with E-state index in [0.717, 1.165) is 50.9 Å².